The quantitative estimate of drug-likeness (QED) is 0.829. The molecule has 0 heterocycles. The van der Waals surface area contributed by atoms with Gasteiger partial charge in [0, 0.05) is 6.61 Å². The van der Waals surface area contributed by atoms with Crippen LogP contribution in [0.3, 0.4) is 0 Å². The van der Waals surface area contributed by atoms with Crippen molar-refractivity contribution in [3.8, 4) is 5.75 Å². The van der Waals surface area contributed by atoms with E-state index in [1.807, 2.05) is 6.07 Å². The highest BCUT2D eigenvalue weighted by molar-refractivity contribution is 5.57. The highest BCUT2D eigenvalue weighted by Crippen LogP contribution is 2.23. The Morgan fingerprint density at radius 1 is 1.44 bits per heavy atom. The molecular weight excluding hydrogens is 224 g/mol. The first kappa shape index (κ1) is 14.8. The third-order valence-electron chi connectivity index (χ3n) is 3.43. The van der Waals surface area contributed by atoms with Crippen molar-refractivity contribution in [2.45, 2.75) is 33.6 Å². The molecule has 0 fully saturated rings. The fourth-order valence-electron chi connectivity index (χ4n) is 1.95. The number of allylic oxidation sites excluding steroid dienone is 1. The lowest BCUT2D eigenvalue weighted by molar-refractivity contribution is 0.278. The van der Waals surface area contributed by atoms with Crippen LogP contribution in [0.1, 0.15) is 37.8 Å². The van der Waals surface area contributed by atoms with Crippen LogP contribution in [0.4, 0.5) is 0 Å². The van der Waals surface area contributed by atoms with Gasteiger partial charge in [-0.05, 0) is 55.9 Å². The van der Waals surface area contributed by atoms with Gasteiger partial charge in [0.2, 0.25) is 0 Å². The van der Waals surface area contributed by atoms with Crippen molar-refractivity contribution in [2.75, 3.05) is 13.7 Å². The van der Waals surface area contributed by atoms with Crippen LogP contribution in [0.2, 0.25) is 0 Å². The Kier molecular flexibility index (Phi) is 5.93. The van der Waals surface area contributed by atoms with Crippen LogP contribution in [0, 0.1) is 12.8 Å². The predicted molar refractivity (Wildman–Crippen MR) is 76.9 cm³/mol. The van der Waals surface area contributed by atoms with Crippen molar-refractivity contribution in [1.29, 1.82) is 0 Å². The van der Waals surface area contributed by atoms with Crippen molar-refractivity contribution >= 4 is 6.08 Å². The van der Waals surface area contributed by atoms with E-state index in [0.29, 0.717) is 5.92 Å². The van der Waals surface area contributed by atoms with Crippen molar-refractivity contribution in [3.63, 3.8) is 0 Å². The molecule has 0 bridgehead atoms. The van der Waals surface area contributed by atoms with E-state index in [2.05, 4.69) is 39.0 Å². The number of hydrogen-bond donors (Lipinski definition) is 1. The molecular formula is C16H24O2. The van der Waals surface area contributed by atoms with Gasteiger partial charge in [-0.2, -0.15) is 0 Å². The number of benzene rings is 1. The van der Waals surface area contributed by atoms with Crippen LogP contribution in [0.25, 0.3) is 6.08 Å². The third-order valence-corrected chi connectivity index (χ3v) is 3.43. The number of aryl methyl sites for hydroxylation is 1. The summed E-state index contributed by atoms with van der Waals surface area (Å²) in [5.74, 6) is 1.41. The minimum absolute atomic E-state index is 0.277. The SMILES string of the molecule is COc1ccc(/C=C(\C)[C@H](C)CCCO)c(C)c1. The van der Waals surface area contributed by atoms with Gasteiger partial charge in [0.25, 0.3) is 0 Å². The molecule has 1 rings (SSSR count). The molecule has 0 amide bonds. The summed E-state index contributed by atoms with van der Waals surface area (Å²) in [6, 6.07) is 6.14. The second-order valence-corrected chi connectivity index (χ2v) is 4.88. The number of aliphatic hydroxyl groups excluding tert-OH is 1. The van der Waals surface area contributed by atoms with Crippen LogP contribution >= 0.6 is 0 Å². The summed E-state index contributed by atoms with van der Waals surface area (Å²) in [5.41, 5.74) is 3.82. The van der Waals surface area contributed by atoms with Crippen molar-refractivity contribution in [3.05, 3.63) is 34.9 Å². The normalized spacial score (nSPS) is 13.5. The molecule has 0 saturated heterocycles. The topological polar surface area (TPSA) is 29.5 Å². The van der Waals surface area contributed by atoms with Gasteiger partial charge in [-0.1, -0.05) is 24.6 Å². The van der Waals surface area contributed by atoms with E-state index in [-0.39, 0.29) is 6.61 Å². The van der Waals surface area contributed by atoms with E-state index in [4.69, 9.17) is 9.84 Å². The molecule has 0 radical (unpaired) electrons. The van der Waals surface area contributed by atoms with Gasteiger partial charge in [0.1, 0.15) is 5.75 Å². The molecule has 2 nitrogen and oxygen atoms in total. The zero-order valence-electron chi connectivity index (χ0n) is 11.9. The maximum atomic E-state index is 8.86. The monoisotopic (exact) mass is 248 g/mol. The molecule has 0 aliphatic carbocycles. The number of rotatable bonds is 6. The number of ether oxygens (including phenoxy) is 1. The molecule has 0 aliphatic rings. The van der Waals surface area contributed by atoms with Gasteiger partial charge >= 0.3 is 0 Å². The Bertz CT molecular complexity index is 408. The molecule has 1 aromatic rings. The van der Waals surface area contributed by atoms with Gasteiger partial charge in [0.05, 0.1) is 7.11 Å². The van der Waals surface area contributed by atoms with Gasteiger partial charge < -0.3 is 9.84 Å². The van der Waals surface area contributed by atoms with E-state index in [9.17, 15) is 0 Å². The van der Waals surface area contributed by atoms with Crippen LogP contribution in [0.15, 0.2) is 23.8 Å². The molecule has 100 valence electrons. The zero-order chi connectivity index (χ0) is 13.5. The van der Waals surface area contributed by atoms with Crippen LogP contribution in [0.5, 0.6) is 5.75 Å². The minimum Gasteiger partial charge on any atom is -0.497 e. The largest absolute Gasteiger partial charge is 0.497 e. The Balaban J connectivity index is 2.81. The van der Waals surface area contributed by atoms with Crippen molar-refractivity contribution in [2.24, 2.45) is 5.92 Å². The first-order chi connectivity index (χ1) is 8.58. The highest BCUT2D eigenvalue weighted by atomic mass is 16.5. The lowest BCUT2D eigenvalue weighted by Gasteiger charge is -2.12. The molecule has 2 heteroatoms. The Labute approximate surface area is 110 Å². The molecule has 0 saturated carbocycles. The van der Waals surface area contributed by atoms with Crippen LogP contribution < -0.4 is 4.74 Å². The standard InChI is InChI=1S/C16H24O2/c1-12(6-5-9-17)13(2)10-15-7-8-16(18-4)11-14(15)3/h7-8,10-12,17H,5-6,9H2,1-4H3/b13-10+/t12-/m1/s1. The van der Waals surface area contributed by atoms with Gasteiger partial charge in [0.15, 0.2) is 0 Å². The van der Waals surface area contributed by atoms with Crippen molar-refractivity contribution < 1.29 is 9.84 Å². The lowest BCUT2D eigenvalue weighted by atomic mass is 9.94. The molecule has 0 aromatic heterocycles. The summed E-state index contributed by atoms with van der Waals surface area (Å²) in [6.07, 6.45) is 4.14. The van der Waals surface area contributed by atoms with E-state index < -0.39 is 0 Å². The minimum atomic E-state index is 0.277. The molecule has 0 aliphatic heterocycles. The first-order valence-corrected chi connectivity index (χ1v) is 6.52. The number of aliphatic hydroxyl groups is 1. The molecule has 0 spiro atoms. The Hall–Kier alpha value is -1.28. The summed E-state index contributed by atoms with van der Waals surface area (Å²) < 4.78 is 5.21. The van der Waals surface area contributed by atoms with E-state index in [1.165, 1.54) is 16.7 Å². The summed E-state index contributed by atoms with van der Waals surface area (Å²) in [5, 5.41) is 8.86. The van der Waals surface area contributed by atoms with Gasteiger partial charge in [-0.15, -0.1) is 0 Å². The summed E-state index contributed by atoms with van der Waals surface area (Å²) >= 11 is 0. The van der Waals surface area contributed by atoms with E-state index in [0.717, 1.165) is 18.6 Å². The Morgan fingerprint density at radius 2 is 2.17 bits per heavy atom. The second-order valence-electron chi connectivity index (χ2n) is 4.88. The molecule has 0 unspecified atom stereocenters. The summed E-state index contributed by atoms with van der Waals surface area (Å²) in [4.78, 5) is 0. The number of methoxy groups -OCH3 is 1. The smallest absolute Gasteiger partial charge is 0.119 e. The summed E-state index contributed by atoms with van der Waals surface area (Å²) in [7, 11) is 1.69. The molecule has 18 heavy (non-hydrogen) atoms. The first-order valence-electron chi connectivity index (χ1n) is 6.52. The van der Waals surface area contributed by atoms with E-state index >= 15 is 0 Å². The lowest BCUT2D eigenvalue weighted by Crippen LogP contribution is -1.98. The zero-order valence-corrected chi connectivity index (χ0v) is 11.9. The fraction of sp³-hybridized carbons (Fsp3) is 0.500. The maximum Gasteiger partial charge on any atom is 0.119 e. The molecule has 1 N–H and O–H groups in total. The number of hydrogen-bond acceptors (Lipinski definition) is 2. The average molecular weight is 248 g/mol. The third kappa shape index (κ3) is 4.19. The fourth-order valence-corrected chi connectivity index (χ4v) is 1.95. The average Bonchev–Trinajstić information content (AvgIpc) is 2.38. The van der Waals surface area contributed by atoms with Crippen LogP contribution in [-0.4, -0.2) is 18.8 Å². The van der Waals surface area contributed by atoms with Gasteiger partial charge in [-0.25, -0.2) is 0 Å². The van der Waals surface area contributed by atoms with Gasteiger partial charge in [-0.3, -0.25) is 0 Å². The Morgan fingerprint density at radius 3 is 2.72 bits per heavy atom. The predicted octanol–water partition coefficient (Wildman–Crippen LogP) is 3.82. The second kappa shape index (κ2) is 7.22. The summed E-state index contributed by atoms with van der Waals surface area (Å²) in [6.45, 7) is 6.74. The van der Waals surface area contributed by atoms with Crippen LogP contribution in [-0.2, 0) is 0 Å². The highest BCUT2D eigenvalue weighted by Gasteiger charge is 2.05. The molecule has 1 atom stereocenters. The maximum absolute atomic E-state index is 8.86. The van der Waals surface area contributed by atoms with E-state index in [1.54, 1.807) is 7.11 Å². The van der Waals surface area contributed by atoms with Crippen molar-refractivity contribution in [1.82, 2.24) is 0 Å². The molecule has 1 aromatic carbocycles.